The van der Waals surface area contributed by atoms with Crippen molar-refractivity contribution in [1.82, 2.24) is 10.3 Å². The molecule has 1 aromatic carbocycles. The molecule has 0 spiro atoms. The van der Waals surface area contributed by atoms with Gasteiger partial charge in [0.25, 0.3) is 0 Å². The van der Waals surface area contributed by atoms with Crippen molar-refractivity contribution in [3.63, 3.8) is 0 Å². The number of hydrogen-bond donors (Lipinski definition) is 1. The molecule has 1 N–H and O–H groups in total. The number of nitrogens with zero attached hydrogens (tertiary/aromatic N) is 1. The van der Waals surface area contributed by atoms with E-state index in [1.807, 2.05) is 25.1 Å². The fourth-order valence-electron chi connectivity index (χ4n) is 2.10. The normalized spacial score (nSPS) is 14.8. The van der Waals surface area contributed by atoms with Gasteiger partial charge in [0.05, 0.1) is 6.20 Å². The highest BCUT2D eigenvalue weighted by Crippen LogP contribution is 2.28. The zero-order valence-electron chi connectivity index (χ0n) is 10.9. The highest BCUT2D eigenvalue weighted by atomic mass is 35.5. The van der Waals surface area contributed by atoms with E-state index in [1.54, 1.807) is 6.20 Å². The van der Waals surface area contributed by atoms with Gasteiger partial charge >= 0.3 is 0 Å². The summed E-state index contributed by atoms with van der Waals surface area (Å²) >= 11 is 6.12. The molecule has 1 fully saturated rings. The lowest BCUT2D eigenvalue weighted by Gasteiger charge is -2.03. The summed E-state index contributed by atoms with van der Waals surface area (Å²) in [5.41, 5.74) is 2.05. The molecule has 0 amide bonds. The van der Waals surface area contributed by atoms with Gasteiger partial charge < -0.3 is 9.73 Å². The Kier molecular flexibility index (Phi) is 3.58. The molecule has 19 heavy (non-hydrogen) atoms. The highest BCUT2D eigenvalue weighted by molar-refractivity contribution is 6.31. The van der Waals surface area contributed by atoms with Crippen LogP contribution < -0.4 is 5.32 Å². The van der Waals surface area contributed by atoms with Gasteiger partial charge in [-0.3, -0.25) is 0 Å². The smallest absolute Gasteiger partial charge is 0.196 e. The maximum Gasteiger partial charge on any atom is 0.196 e. The predicted octanol–water partition coefficient (Wildman–Crippen LogP) is 3.60. The van der Waals surface area contributed by atoms with E-state index in [0.717, 1.165) is 46.8 Å². The second kappa shape index (κ2) is 5.35. The van der Waals surface area contributed by atoms with Crippen LogP contribution in [0.5, 0.6) is 0 Å². The summed E-state index contributed by atoms with van der Waals surface area (Å²) in [6.07, 6.45) is 5.22. The number of benzene rings is 1. The second-order valence-corrected chi connectivity index (χ2v) is 5.42. The number of oxazole rings is 1. The summed E-state index contributed by atoms with van der Waals surface area (Å²) in [6.45, 7) is 2.92. The minimum absolute atomic E-state index is 0.726. The van der Waals surface area contributed by atoms with Gasteiger partial charge in [0.2, 0.25) is 0 Å². The average Bonchev–Trinajstić information content (AvgIpc) is 3.10. The Morgan fingerprint density at radius 2 is 2.26 bits per heavy atom. The largest absolute Gasteiger partial charge is 0.441 e. The Morgan fingerprint density at radius 1 is 1.42 bits per heavy atom. The first-order valence-corrected chi connectivity index (χ1v) is 7.05. The molecule has 1 aromatic heterocycles. The van der Waals surface area contributed by atoms with Gasteiger partial charge in [-0.05, 0) is 31.4 Å². The van der Waals surface area contributed by atoms with E-state index in [4.69, 9.17) is 16.0 Å². The number of rotatable bonds is 5. The molecule has 0 aliphatic heterocycles. The van der Waals surface area contributed by atoms with Crippen LogP contribution in [-0.4, -0.2) is 17.6 Å². The molecule has 0 atom stereocenters. The molecule has 1 heterocycles. The van der Waals surface area contributed by atoms with Crippen molar-refractivity contribution in [3.05, 3.63) is 40.9 Å². The molecular weight excluding hydrogens is 260 g/mol. The third kappa shape index (κ3) is 2.99. The molecule has 0 saturated heterocycles. The van der Waals surface area contributed by atoms with Crippen LogP contribution in [0.1, 0.15) is 24.3 Å². The van der Waals surface area contributed by atoms with E-state index < -0.39 is 0 Å². The molecule has 3 rings (SSSR count). The first-order chi connectivity index (χ1) is 9.24. The minimum atomic E-state index is 0.726. The third-order valence-corrected chi connectivity index (χ3v) is 3.85. The molecule has 0 radical (unpaired) electrons. The van der Waals surface area contributed by atoms with Crippen LogP contribution in [0.4, 0.5) is 0 Å². The molecule has 3 nitrogen and oxygen atoms in total. The number of halogens is 1. The molecule has 2 aromatic rings. The van der Waals surface area contributed by atoms with Gasteiger partial charge in [-0.25, -0.2) is 4.98 Å². The standard InChI is InChI=1S/C15H17ClN2O/c1-10-12(3-2-4-13(10)16)14-9-18-15(19-14)7-8-17-11-5-6-11/h2-4,9,11,17H,5-8H2,1H3. The van der Waals surface area contributed by atoms with Crippen LogP contribution in [0.15, 0.2) is 28.8 Å². The van der Waals surface area contributed by atoms with E-state index in [0.29, 0.717) is 0 Å². The van der Waals surface area contributed by atoms with Crippen LogP contribution >= 0.6 is 11.6 Å². The molecular formula is C15H17ClN2O. The Morgan fingerprint density at radius 3 is 3.05 bits per heavy atom. The van der Waals surface area contributed by atoms with Crippen molar-refractivity contribution in [2.45, 2.75) is 32.2 Å². The minimum Gasteiger partial charge on any atom is -0.441 e. The maximum atomic E-state index is 6.12. The Hall–Kier alpha value is -1.32. The van der Waals surface area contributed by atoms with Crippen LogP contribution in [0.2, 0.25) is 5.02 Å². The highest BCUT2D eigenvalue weighted by Gasteiger charge is 2.20. The van der Waals surface area contributed by atoms with Crippen molar-refractivity contribution in [2.75, 3.05) is 6.54 Å². The second-order valence-electron chi connectivity index (χ2n) is 5.01. The van der Waals surface area contributed by atoms with Crippen LogP contribution in [-0.2, 0) is 6.42 Å². The monoisotopic (exact) mass is 276 g/mol. The van der Waals surface area contributed by atoms with Crippen molar-refractivity contribution in [2.24, 2.45) is 0 Å². The van der Waals surface area contributed by atoms with Crippen molar-refractivity contribution in [3.8, 4) is 11.3 Å². The lowest BCUT2D eigenvalue weighted by Crippen LogP contribution is -2.19. The summed E-state index contributed by atoms with van der Waals surface area (Å²) in [5.74, 6) is 1.57. The average molecular weight is 277 g/mol. The molecule has 1 saturated carbocycles. The van der Waals surface area contributed by atoms with E-state index in [1.165, 1.54) is 12.8 Å². The zero-order valence-corrected chi connectivity index (χ0v) is 11.7. The summed E-state index contributed by atoms with van der Waals surface area (Å²) in [4.78, 5) is 4.33. The maximum absolute atomic E-state index is 6.12. The zero-order chi connectivity index (χ0) is 13.2. The fraction of sp³-hybridized carbons (Fsp3) is 0.400. The first-order valence-electron chi connectivity index (χ1n) is 6.67. The van der Waals surface area contributed by atoms with E-state index >= 15 is 0 Å². The quantitative estimate of drug-likeness (QED) is 0.907. The predicted molar refractivity (Wildman–Crippen MR) is 76.4 cm³/mol. The van der Waals surface area contributed by atoms with Gasteiger partial charge in [0, 0.05) is 29.6 Å². The number of nitrogens with one attached hydrogen (secondary N) is 1. The summed E-state index contributed by atoms with van der Waals surface area (Å²) in [7, 11) is 0. The molecule has 0 unspecified atom stereocenters. The van der Waals surface area contributed by atoms with Crippen molar-refractivity contribution in [1.29, 1.82) is 0 Å². The molecule has 0 bridgehead atoms. The van der Waals surface area contributed by atoms with Crippen LogP contribution in [0.3, 0.4) is 0 Å². The van der Waals surface area contributed by atoms with Gasteiger partial charge in [0.15, 0.2) is 11.7 Å². The summed E-state index contributed by atoms with van der Waals surface area (Å²) in [6, 6.07) is 6.55. The number of aromatic nitrogens is 1. The van der Waals surface area contributed by atoms with Crippen molar-refractivity contribution < 1.29 is 4.42 Å². The number of hydrogen-bond acceptors (Lipinski definition) is 3. The first kappa shape index (κ1) is 12.7. The lowest BCUT2D eigenvalue weighted by atomic mass is 10.1. The van der Waals surface area contributed by atoms with Gasteiger partial charge in [-0.15, -0.1) is 0 Å². The van der Waals surface area contributed by atoms with Gasteiger partial charge in [-0.2, -0.15) is 0 Å². The summed E-state index contributed by atoms with van der Waals surface area (Å²) in [5, 5.41) is 4.21. The molecule has 1 aliphatic carbocycles. The Bertz CT molecular complexity index is 575. The molecule has 100 valence electrons. The SMILES string of the molecule is Cc1c(Cl)cccc1-c1cnc(CCNC2CC2)o1. The van der Waals surface area contributed by atoms with E-state index in [9.17, 15) is 0 Å². The lowest BCUT2D eigenvalue weighted by molar-refractivity contribution is 0.494. The third-order valence-electron chi connectivity index (χ3n) is 3.44. The van der Waals surface area contributed by atoms with Gasteiger partial charge in [-0.1, -0.05) is 23.7 Å². The van der Waals surface area contributed by atoms with Crippen molar-refractivity contribution >= 4 is 11.6 Å². The summed E-state index contributed by atoms with van der Waals surface area (Å²) < 4.78 is 5.80. The van der Waals surface area contributed by atoms with Crippen LogP contribution in [0, 0.1) is 6.92 Å². The molecule has 1 aliphatic rings. The topological polar surface area (TPSA) is 38.1 Å². The fourth-order valence-corrected chi connectivity index (χ4v) is 2.27. The van der Waals surface area contributed by atoms with E-state index in [-0.39, 0.29) is 0 Å². The Labute approximate surface area is 118 Å². The van der Waals surface area contributed by atoms with Crippen LogP contribution in [0.25, 0.3) is 11.3 Å². The van der Waals surface area contributed by atoms with Gasteiger partial charge in [0.1, 0.15) is 0 Å². The Balaban J connectivity index is 1.70. The molecule has 4 heteroatoms. The van der Waals surface area contributed by atoms with E-state index in [2.05, 4.69) is 10.3 Å².